The van der Waals surface area contributed by atoms with Gasteiger partial charge in [0.25, 0.3) is 0 Å². The molecule has 2 aliphatic heterocycles. The van der Waals surface area contributed by atoms with Crippen LogP contribution in [0.4, 0.5) is 5.82 Å². The molecule has 0 bridgehead atoms. The minimum Gasteiger partial charge on any atom is -0.381 e. The number of hydrogen-bond donors (Lipinski definition) is 0. The summed E-state index contributed by atoms with van der Waals surface area (Å²) in [7, 11) is 0. The quantitative estimate of drug-likeness (QED) is 0.636. The zero-order valence-electron chi connectivity index (χ0n) is 16.1. The van der Waals surface area contributed by atoms with Crippen molar-refractivity contribution in [3.63, 3.8) is 0 Å². The van der Waals surface area contributed by atoms with Crippen LogP contribution in [0.25, 0.3) is 16.7 Å². The van der Waals surface area contributed by atoms with Gasteiger partial charge in [0.15, 0.2) is 5.65 Å². The number of hydrogen-bond acceptors (Lipinski definition) is 4. The van der Waals surface area contributed by atoms with Crippen LogP contribution >= 0.6 is 12.4 Å². The summed E-state index contributed by atoms with van der Waals surface area (Å²) in [5, 5.41) is 10.1. The Kier molecular flexibility index (Phi) is 5.18. The fourth-order valence-corrected chi connectivity index (χ4v) is 4.92. The Bertz CT molecular complexity index is 1060. The maximum absolute atomic E-state index is 10.1. The molecule has 4 heterocycles. The van der Waals surface area contributed by atoms with E-state index in [4.69, 9.17) is 9.72 Å². The summed E-state index contributed by atoms with van der Waals surface area (Å²) in [6.45, 7) is 5.89. The van der Waals surface area contributed by atoms with Crippen molar-refractivity contribution in [1.82, 2.24) is 9.38 Å². The fourth-order valence-electron chi connectivity index (χ4n) is 4.92. The minimum atomic E-state index is 0. The van der Waals surface area contributed by atoms with Gasteiger partial charge in [-0.1, -0.05) is 12.1 Å². The van der Waals surface area contributed by atoms with E-state index in [1.54, 1.807) is 0 Å². The van der Waals surface area contributed by atoms with E-state index in [0.717, 1.165) is 61.4 Å². The van der Waals surface area contributed by atoms with Gasteiger partial charge in [0.05, 0.1) is 16.6 Å². The van der Waals surface area contributed by atoms with E-state index < -0.39 is 0 Å². The second-order valence-electron chi connectivity index (χ2n) is 7.69. The molecule has 2 saturated heterocycles. The predicted molar refractivity (Wildman–Crippen MR) is 114 cm³/mol. The molecular formula is C22H25ClN4O. The van der Waals surface area contributed by atoms with Crippen molar-refractivity contribution in [2.75, 3.05) is 31.2 Å². The highest BCUT2D eigenvalue weighted by Gasteiger charge is 2.29. The SMILES string of the molecule is Cc1c(C2CCOCC2)c(C#N)c2nc3ccccc3n2c1N1CCCC1.Cl. The fraction of sp³-hybridized carbons (Fsp3) is 0.455. The first-order chi connectivity index (χ1) is 13.3. The Morgan fingerprint density at radius 2 is 1.86 bits per heavy atom. The summed E-state index contributed by atoms with van der Waals surface area (Å²) in [5.74, 6) is 1.61. The van der Waals surface area contributed by atoms with Crippen molar-refractivity contribution in [3.8, 4) is 6.07 Å². The lowest BCUT2D eigenvalue weighted by molar-refractivity contribution is 0.0852. The molecule has 0 spiro atoms. The van der Waals surface area contributed by atoms with Gasteiger partial charge in [-0.25, -0.2) is 4.98 Å². The van der Waals surface area contributed by atoms with Crippen LogP contribution in [0, 0.1) is 18.3 Å². The second kappa shape index (κ2) is 7.62. The van der Waals surface area contributed by atoms with Crippen LogP contribution in [0.3, 0.4) is 0 Å². The van der Waals surface area contributed by atoms with Gasteiger partial charge >= 0.3 is 0 Å². The maximum atomic E-state index is 10.1. The Morgan fingerprint density at radius 3 is 2.57 bits per heavy atom. The van der Waals surface area contributed by atoms with Crippen molar-refractivity contribution in [1.29, 1.82) is 5.26 Å². The number of ether oxygens (including phenoxy) is 1. The molecule has 146 valence electrons. The number of nitriles is 1. The van der Waals surface area contributed by atoms with E-state index in [0.29, 0.717) is 5.92 Å². The molecule has 2 fully saturated rings. The number of benzene rings is 1. The molecular weight excluding hydrogens is 372 g/mol. The average molecular weight is 397 g/mol. The van der Waals surface area contributed by atoms with Crippen molar-refractivity contribution in [2.45, 2.75) is 38.5 Å². The van der Waals surface area contributed by atoms with E-state index in [1.807, 2.05) is 12.1 Å². The number of imidazole rings is 1. The number of rotatable bonds is 2. The number of anilines is 1. The Balaban J connectivity index is 0.00000192. The highest BCUT2D eigenvalue weighted by molar-refractivity contribution is 5.86. The molecule has 0 saturated carbocycles. The maximum Gasteiger partial charge on any atom is 0.157 e. The van der Waals surface area contributed by atoms with Crippen molar-refractivity contribution in [3.05, 3.63) is 41.0 Å². The number of nitrogens with zero attached hydrogens (tertiary/aromatic N) is 4. The minimum absolute atomic E-state index is 0. The van der Waals surface area contributed by atoms with Gasteiger partial charge in [0, 0.05) is 26.3 Å². The van der Waals surface area contributed by atoms with E-state index in [1.165, 1.54) is 29.8 Å². The summed E-state index contributed by atoms with van der Waals surface area (Å²) >= 11 is 0. The molecule has 2 aromatic heterocycles. The first-order valence-electron chi connectivity index (χ1n) is 9.96. The summed E-state index contributed by atoms with van der Waals surface area (Å²) < 4.78 is 7.82. The van der Waals surface area contributed by atoms with Crippen LogP contribution < -0.4 is 4.90 Å². The van der Waals surface area contributed by atoms with E-state index in [9.17, 15) is 5.26 Å². The highest BCUT2D eigenvalue weighted by Crippen LogP contribution is 2.40. The monoisotopic (exact) mass is 396 g/mol. The van der Waals surface area contributed by atoms with Gasteiger partial charge < -0.3 is 9.64 Å². The van der Waals surface area contributed by atoms with E-state index >= 15 is 0 Å². The summed E-state index contributed by atoms with van der Waals surface area (Å²) in [5.41, 5.74) is 6.05. The smallest absolute Gasteiger partial charge is 0.157 e. The predicted octanol–water partition coefficient (Wildman–Crippen LogP) is 4.58. The van der Waals surface area contributed by atoms with Gasteiger partial charge in [-0.3, -0.25) is 4.40 Å². The molecule has 0 aliphatic carbocycles. The molecule has 28 heavy (non-hydrogen) atoms. The number of aromatic nitrogens is 2. The molecule has 5 nitrogen and oxygen atoms in total. The highest BCUT2D eigenvalue weighted by atomic mass is 35.5. The van der Waals surface area contributed by atoms with Crippen LogP contribution in [-0.2, 0) is 4.74 Å². The molecule has 0 N–H and O–H groups in total. The zero-order valence-corrected chi connectivity index (χ0v) is 17.0. The average Bonchev–Trinajstić information content (AvgIpc) is 3.36. The number of halogens is 1. The van der Waals surface area contributed by atoms with Crippen molar-refractivity contribution < 1.29 is 4.74 Å². The third-order valence-electron chi connectivity index (χ3n) is 6.15. The zero-order chi connectivity index (χ0) is 18.4. The molecule has 0 atom stereocenters. The van der Waals surface area contributed by atoms with Gasteiger partial charge in [0.1, 0.15) is 11.9 Å². The largest absolute Gasteiger partial charge is 0.381 e. The third-order valence-corrected chi connectivity index (χ3v) is 6.15. The first kappa shape index (κ1) is 19.0. The van der Waals surface area contributed by atoms with Gasteiger partial charge in [-0.05, 0) is 61.8 Å². The molecule has 0 unspecified atom stereocenters. The Morgan fingerprint density at radius 1 is 1.14 bits per heavy atom. The van der Waals surface area contributed by atoms with Gasteiger partial charge in [0.2, 0.25) is 0 Å². The van der Waals surface area contributed by atoms with Crippen LogP contribution in [0.5, 0.6) is 0 Å². The molecule has 6 heteroatoms. The third kappa shape index (κ3) is 2.83. The van der Waals surface area contributed by atoms with E-state index in [-0.39, 0.29) is 12.4 Å². The number of pyridine rings is 1. The lowest BCUT2D eigenvalue weighted by atomic mass is 9.86. The molecule has 2 aliphatic rings. The van der Waals surface area contributed by atoms with Crippen molar-refractivity contribution in [2.24, 2.45) is 0 Å². The van der Waals surface area contributed by atoms with Crippen LogP contribution in [0.1, 0.15) is 48.3 Å². The second-order valence-corrected chi connectivity index (χ2v) is 7.69. The van der Waals surface area contributed by atoms with Gasteiger partial charge in [-0.15, -0.1) is 12.4 Å². The van der Waals surface area contributed by atoms with Crippen LogP contribution in [0.2, 0.25) is 0 Å². The number of fused-ring (bicyclic) bond motifs is 3. The summed E-state index contributed by atoms with van der Waals surface area (Å²) in [6.07, 6.45) is 4.40. The Labute approximate surface area is 171 Å². The number of para-hydroxylation sites is 2. The molecule has 0 amide bonds. The van der Waals surface area contributed by atoms with E-state index in [2.05, 4.69) is 34.4 Å². The lowest BCUT2D eigenvalue weighted by Gasteiger charge is -2.29. The normalized spacial score (nSPS) is 17.8. The van der Waals surface area contributed by atoms with Crippen LogP contribution in [0.15, 0.2) is 24.3 Å². The molecule has 5 rings (SSSR count). The molecule has 1 aromatic carbocycles. The lowest BCUT2D eigenvalue weighted by Crippen LogP contribution is -2.24. The van der Waals surface area contributed by atoms with Gasteiger partial charge in [-0.2, -0.15) is 5.26 Å². The molecule has 3 aromatic rings. The van der Waals surface area contributed by atoms with Crippen LogP contribution in [-0.4, -0.2) is 35.7 Å². The summed E-state index contributed by atoms with van der Waals surface area (Å²) in [4.78, 5) is 7.38. The first-order valence-corrected chi connectivity index (χ1v) is 9.96. The Hall–Kier alpha value is -2.29. The topological polar surface area (TPSA) is 53.6 Å². The standard InChI is InChI=1S/C22H24N4O.ClH/c1-15-20(16-8-12-27-13-9-16)17(14-23)21-24-18-6-2-3-7-19(18)26(21)22(15)25-10-4-5-11-25;/h2-3,6-7,16H,4-5,8-13H2,1H3;1H. The summed E-state index contributed by atoms with van der Waals surface area (Å²) in [6, 6.07) is 10.7. The van der Waals surface area contributed by atoms with Crippen molar-refractivity contribution >= 4 is 34.9 Å². The molecule has 0 radical (unpaired) electrons.